The zero-order valence-electron chi connectivity index (χ0n) is 11.5. The summed E-state index contributed by atoms with van der Waals surface area (Å²) in [6.07, 6.45) is 4.92. The molecule has 0 fully saturated rings. The second-order valence-electron chi connectivity index (χ2n) is 4.08. The Hall–Kier alpha value is -1.58. The van der Waals surface area contributed by atoms with Crippen LogP contribution in [0.2, 0.25) is 0 Å². The Morgan fingerprint density at radius 1 is 0.889 bits per heavy atom. The van der Waals surface area contributed by atoms with E-state index in [9.17, 15) is 9.59 Å². The van der Waals surface area contributed by atoms with Crippen LogP contribution in [0.15, 0.2) is 25.3 Å². The van der Waals surface area contributed by atoms with Crippen molar-refractivity contribution in [2.75, 3.05) is 26.2 Å². The Morgan fingerprint density at radius 3 is 1.61 bits per heavy atom. The van der Waals surface area contributed by atoms with Gasteiger partial charge in [-0.2, -0.15) is 0 Å². The van der Waals surface area contributed by atoms with Crippen LogP contribution < -0.4 is 0 Å². The first-order chi connectivity index (χ1) is 8.62. The first-order valence-corrected chi connectivity index (χ1v) is 6.42. The largest absolute Gasteiger partial charge is 0.334 e. The average Bonchev–Trinajstić information content (AvgIpc) is 2.36. The number of hydrogen-bond donors (Lipinski definition) is 0. The van der Waals surface area contributed by atoms with E-state index in [1.807, 2.05) is 13.8 Å². The van der Waals surface area contributed by atoms with Crippen molar-refractivity contribution in [3.05, 3.63) is 25.3 Å². The lowest BCUT2D eigenvalue weighted by molar-refractivity contribution is -0.151. The molecule has 0 aromatic carbocycles. The van der Waals surface area contributed by atoms with Crippen LogP contribution in [-0.4, -0.2) is 47.8 Å². The SMILES string of the molecule is C=CCN(CC=C)C(=O)C(=O)N(CCC)CCC. The van der Waals surface area contributed by atoms with Crippen molar-refractivity contribution < 1.29 is 9.59 Å². The van der Waals surface area contributed by atoms with E-state index in [-0.39, 0.29) is 0 Å². The molecule has 4 heteroatoms. The molecule has 0 rings (SSSR count). The van der Waals surface area contributed by atoms with Crippen LogP contribution in [0.3, 0.4) is 0 Å². The molecule has 0 radical (unpaired) electrons. The van der Waals surface area contributed by atoms with Crippen LogP contribution in [0, 0.1) is 0 Å². The minimum absolute atomic E-state index is 0.364. The van der Waals surface area contributed by atoms with Gasteiger partial charge in [0.2, 0.25) is 0 Å². The highest BCUT2D eigenvalue weighted by atomic mass is 16.2. The van der Waals surface area contributed by atoms with Crippen LogP contribution >= 0.6 is 0 Å². The van der Waals surface area contributed by atoms with E-state index in [2.05, 4.69) is 13.2 Å². The molecule has 18 heavy (non-hydrogen) atoms. The van der Waals surface area contributed by atoms with E-state index in [0.717, 1.165) is 12.8 Å². The molecule has 0 heterocycles. The minimum atomic E-state index is -0.475. The predicted molar refractivity (Wildman–Crippen MR) is 74.1 cm³/mol. The number of amides is 2. The summed E-state index contributed by atoms with van der Waals surface area (Å²) in [7, 11) is 0. The molecule has 102 valence electrons. The second-order valence-corrected chi connectivity index (χ2v) is 4.08. The van der Waals surface area contributed by atoms with E-state index in [4.69, 9.17) is 0 Å². The molecule has 0 aliphatic rings. The third kappa shape index (κ3) is 5.17. The zero-order valence-corrected chi connectivity index (χ0v) is 11.5. The molecule has 0 N–H and O–H groups in total. The van der Waals surface area contributed by atoms with Crippen molar-refractivity contribution in [2.24, 2.45) is 0 Å². The van der Waals surface area contributed by atoms with Gasteiger partial charge < -0.3 is 9.80 Å². The Labute approximate surface area is 110 Å². The third-order valence-electron chi connectivity index (χ3n) is 2.44. The van der Waals surface area contributed by atoms with Crippen LogP contribution in [-0.2, 0) is 9.59 Å². The lowest BCUT2D eigenvalue weighted by Gasteiger charge is -2.25. The zero-order chi connectivity index (χ0) is 14.0. The molecule has 0 saturated carbocycles. The fraction of sp³-hybridized carbons (Fsp3) is 0.571. The summed E-state index contributed by atoms with van der Waals surface area (Å²) in [5.74, 6) is -0.904. The van der Waals surface area contributed by atoms with Gasteiger partial charge in [-0.1, -0.05) is 26.0 Å². The third-order valence-corrected chi connectivity index (χ3v) is 2.44. The molecular weight excluding hydrogens is 228 g/mol. The first-order valence-electron chi connectivity index (χ1n) is 6.42. The maximum atomic E-state index is 12.1. The maximum Gasteiger partial charge on any atom is 0.312 e. The fourth-order valence-electron chi connectivity index (χ4n) is 1.68. The second kappa shape index (κ2) is 9.45. The van der Waals surface area contributed by atoms with Gasteiger partial charge >= 0.3 is 11.8 Å². The lowest BCUT2D eigenvalue weighted by atomic mass is 10.3. The smallest absolute Gasteiger partial charge is 0.312 e. The fourth-order valence-corrected chi connectivity index (χ4v) is 1.68. The van der Waals surface area contributed by atoms with E-state index in [0.29, 0.717) is 26.2 Å². The highest BCUT2D eigenvalue weighted by Crippen LogP contribution is 2.00. The molecule has 0 bridgehead atoms. The molecule has 0 aromatic rings. The highest BCUT2D eigenvalue weighted by Gasteiger charge is 2.24. The van der Waals surface area contributed by atoms with Crippen molar-refractivity contribution in [3.63, 3.8) is 0 Å². The Bertz CT molecular complexity index is 284. The summed E-state index contributed by atoms with van der Waals surface area (Å²) >= 11 is 0. The van der Waals surface area contributed by atoms with Crippen LogP contribution in [0.4, 0.5) is 0 Å². The molecule has 0 saturated heterocycles. The van der Waals surface area contributed by atoms with Crippen molar-refractivity contribution in [1.82, 2.24) is 9.80 Å². The minimum Gasteiger partial charge on any atom is -0.334 e. The highest BCUT2D eigenvalue weighted by molar-refractivity contribution is 6.34. The normalized spacial score (nSPS) is 9.67. The molecule has 0 unspecified atom stereocenters. The van der Waals surface area contributed by atoms with E-state index < -0.39 is 11.8 Å². The number of hydrogen-bond acceptors (Lipinski definition) is 2. The van der Waals surface area contributed by atoms with Crippen LogP contribution in [0.1, 0.15) is 26.7 Å². The Morgan fingerprint density at radius 2 is 1.28 bits per heavy atom. The van der Waals surface area contributed by atoms with Gasteiger partial charge in [0.25, 0.3) is 0 Å². The van der Waals surface area contributed by atoms with Gasteiger partial charge in [0.05, 0.1) is 0 Å². The maximum absolute atomic E-state index is 12.1. The van der Waals surface area contributed by atoms with E-state index >= 15 is 0 Å². The standard InChI is InChI=1S/C14H24N2O2/c1-5-9-15(10-6-2)13(17)14(18)16(11-7-3)12-8-4/h5-6H,1-2,7-12H2,3-4H3. The Balaban J connectivity index is 4.72. The summed E-state index contributed by atoms with van der Waals surface area (Å²) < 4.78 is 0. The summed E-state index contributed by atoms with van der Waals surface area (Å²) in [6, 6.07) is 0. The van der Waals surface area contributed by atoms with Crippen molar-refractivity contribution in [2.45, 2.75) is 26.7 Å². The molecular formula is C14H24N2O2. The summed E-state index contributed by atoms with van der Waals surface area (Å²) in [5.41, 5.74) is 0. The molecule has 2 amide bonds. The number of rotatable bonds is 8. The van der Waals surface area contributed by atoms with E-state index in [1.54, 1.807) is 17.1 Å². The van der Waals surface area contributed by atoms with Crippen LogP contribution in [0.5, 0.6) is 0 Å². The van der Waals surface area contributed by atoms with Crippen molar-refractivity contribution >= 4 is 11.8 Å². The molecule has 0 aliphatic carbocycles. The van der Waals surface area contributed by atoms with Gasteiger partial charge in [-0.3, -0.25) is 9.59 Å². The summed E-state index contributed by atoms with van der Waals surface area (Å²) in [4.78, 5) is 27.2. The Kier molecular flexibility index (Phi) is 8.62. The van der Waals surface area contributed by atoms with Gasteiger partial charge in [0.1, 0.15) is 0 Å². The topological polar surface area (TPSA) is 40.6 Å². The van der Waals surface area contributed by atoms with Gasteiger partial charge in [0.15, 0.2) is 0 Å². The quantitative estimate of drug-likeness (QED) is 0.488. The lowest BCUT2D eigenvalue weighted by Crippen LogP contribution is -2.46. The van der Waals surface area contributed by atoms with Crippen molar-refractivity contribution in [3.8, 4) is 0 Å². The number of nitrogens with zero attached hydrogens (tertiary/aromatic N) is 2. The van der Waals surface area contributed by atoms with Crippen molar-refractivity contribution in [1.29, 1.82) is 0 Å². The monoisotopic (exact) mass is 252 g/mol. The molecule has 0 aliphatic heterocycles. The molecule has 0 atom stereocenters. The van der Waals surface area contributed by atoms with Gasteiger partial charge in [-0.05, 0) is 12.8 Å². The number of carbonyl (C=O) groups is 2. The molecule has 0 aromatic heterocycles. The van der Waals surface area contributed by atoms with Gasteiger partial charge in [0, 0.05) is 26.2 Å². The summed E-state index contributed by atoms with van der Waals surface area (Å²) in [5, 5.41) is 0. The summed E-state index contributed by atoms with van der Waals surface area (Å²) in [6.45, 7) is 13.1. The number of carbonyl (C=O) groups excluding carboxylic acids is 2. The first kappa shape index (κ1) is 16.4. The van der Waals surface area contributed by atoms with E-state index in [1.165, 1.54) is 4.90 Å². The van der Waals surface area contributed by atoms with Crippen LogP contribution in [0.25, 0.3) is 0 Å². The molecule has 4 nitrogen and oxygen atoms in total. The van der Waals surface area contributed by atoms with Gasteiger partial charge in [-0.25, -0.2) is 0 Å². The van der Waals surface area contributed by atoms with Gasteiger partial charge in [-0.15, -0.1) is 13.2 Å². The molecule has 0 spiro atoms. The average molecular weight is 252 g/mol. The predicted octanol–water partition coefficient (Wildman–Crippen LogP) is 1.84.